The van der Waals surface area contributed by atoms with Gasteiger partial charge in [-0.3, -0.25) is 18.7 Å². The molecular formula is C35H26N4O11S2. The average Bonchev–Trinajstić information content (AvgIpc) is 3.07. The maximum absolute atomic E-state index is 13.0. The van der Waals surface area contributed by atoms with Crippen LogP contribution in [-0.2, 0) is 20.2 Å². The molecule has 0 aliphatic carbocycles. The molecule has 6 aromatic rings. The van der Waals surface area contributed by atoms with Crippen LogP contribution >= 0.6 is 0 Å². The number of carbonyl (C=O) groups is 3. The van der Waals surface area contributed by atoms with E-state index in [9.17, 15) is 50.5 Å². The molecule has 0 aliphatic rings. The number of hydrogen-bond acceptors (Lipinski definition) is 9. The molecule has 0 spiro atoms. The zero-order valence-corrected chi connectivity index (χ0v) is 28.0. The number of phenols is 2. The molecule has 0 fully saturated rings. The Morgan fingerprint density at radius 2 is 0.865 bits per heavy atom. The maximum atomic E-state index is 13.0. The highest BCUT2D eigenvalue weighted by Gasteiger charge is 2.17. The molecule has 4 amide bonds. The highest BCUT2D eigenvalue weighted by atomic mass is 32.2. The van der Waals surface area contributed by atoms with Crippen molar-refractivity contribution in [1.82, 2.24) is 0 Å². The largest absolute Gasteiger partial charge is 0.506 e. The fourth-order valence-electron chi connectivity index (χ4n) is 5.21. The molecule has 0 heterocycles. The quantitative estimate of drug-likeness (QED) is 0.0659. The second-order valence-corrected chi connectivity index (χ2v) is 14.2. The van der Waals surface area contributed by atoms with Gasteiger partial charge in [0.2, 0.25) is 0 Å². The van der Waals surface area contributed by atoms with Gasteiger partial charge in [-0.2, -0.15) is 16.8 Å². The van der Waals surface area contributed by atoms with Crippen molar-refractivity contribution in [3.63, 3.8) is 0 Å². The van der Waals surface area contributed by atoms with E-state index in [2.05, 4.69) is 21.3 Å². The van der Waals surface area contributed by atoms with Gasteiger partial charge in [0, 0.05) is 22.5 Å². The van der Waals surface area contributed by atoms with Gasteiger partial charge in [-0.05, 0) is 106 Å². The summed E-state index contributed by atoms with van der Waals surface area (Å²) in [6, 6.07) is 23.9. The van der Waals surface area contributed by atoms with Crippen molar-refractivity contribution in [2.75, 3.05) is 21.3 Å². The summed E-state index contributed by atoms with van der Waals surface area (Å²) < 4.78 is 64.3. The third kappa shape index (κ3) is 7.92. The van der Waals surface area contributed by atoms with E-state index >= 15 is 0 Å². The number of carbonyl (C=O) groups excluding carboxylic acids is 3. The standard InChI is InChI=1S/C35H26N4O11S2/c40-31-17-23-13-27(51(45,46)47)9-7-19(23)15-29(31)38-33(42)21-3-1-5-25(11-21)36-35(44)37-26-6-2-4-22(12-26)34(43)39-30-16-20-8-10-28(52(48,49)50)14-24(20)18-32(30)41/h1-18,40-41H,(H,38,42)(H,39,43)(H2,36,37,44)(H,45,46,47)(H,48,49,50). The van der Waals surface area contributed by atoms with E-state index in [-0.39, 0.29) is 55.2 Å². The van der Waals surface area contributed by atoms with Crippen molar-refractivity contribution in [2.45, 2.75) is 9.79 Å². The SMILES string of the molecule is O=C(Nc1cccc(C(=O)Nc2cc3ccc(S(=O)(=O)O)cc3cc2O)c1)Nc1cccc(C(=O)Nc2cc3ccc(S(=O)(=O)O)cc3cc2O)c1. The minimum atomic E-state index is -4.46. The summed E-state index contributed by atoms with van der Waals surface area (Å²) in [7, 11) is -8.91. The number of aromatic hydroxyl groups is 2. The first-order valence-electron chi connectivity index (χ1n) is 14.9. The lowest BCUT2D eigenvalue weighted by atomic mass is 10.1. The number of fused-ring (bicyclic) bond motifs is 2. The molecule has 0 aromatic heterocycles. The molecule has 15 nitrogen and oxygen atoms in total. The summed E-state index contributed by atoms with van der Waals surface area (Å²) in [5.41, 5.74) is 0.761. The topological polar surface area (TPSA) is 249 Å². The molecule has 0 radical (unpaired) electrons. The van der Waals surface area contributed by atoms with E-state index < -0.39 is 38.1 Å². The highest BCUT2D eigenvalue weighted by molar-refractivity contribution is 7.86. The molecule has 6 rings (SSSR count). The van der Waals surface area contributed by atoms with Crippen molar-refractivity contribution >= 4 is 82.4 Å². The van der Waals surface area contributed by atoms with E-state index in [4.69, 9.17) is 0 Å². The minimum absolute atomic E-state index is 0.0298. The van der Waals surface area contributed by atoms with Crippen molar-refractivity contribution < 1.29 is 50.5 Å². The summed E-state index contributed by atoms with van der Waals surface area (Å²) in [4.78, 5) is 38.2. The van der Waals surface area contributed by atoms with E-state index in [0.717, 1.165) is 0 Å². The Balaban J connectivity index is 1.10. The van der Waals surface area contributed by atoms with Crippen LogP contribution in [0.1, 0.15) is 20.7 Å². The second kappa shape index (κ2) is 13.6. The second-order valence-electron chi connectivity index (χ2n) is 11.4. The van der Waals surface area contributed by atoms with Crippen LogP contribution in [0.2, 0.25) is 0 Å². The molecule has 52 heavy (non-hydrogen) atoms. The predicted molar refractivity (Wildman–Crippen MR) is 192 cm³/mol. The van der Waals surface area contributed by atoms with Gasteiger partial charge in [0.25, 0.3) is 32.1 Å². The van der Waals surface area contributed by atoms with Crippen LogP contribution in [0.25, 0.3) is 21.5 Å². The van der Waals surface area contributed by atoms with Crippen molar-refractivity contribution in [3.05, 3.63) is 120 Å². The number of benzene rings is 6. The van der Waals surface area contributed by atoms with E-state index in [0.29, 0.717) is 21.5 Å². The first kappa shape index (κ1) is 35.3. The monoisotopic (exact) mass is 742 g/mol. The number of nitrogens with one attached hydrogen (secondary N) is 4. The number of phenolic OH excluding ortho intramolecular Hbond substituents is 2. The number of amides is 4. The number of urea groups is 1. The fraction of sp³-hybridized carbons (Fsp3) is 0. The summed E-state index contributed by atoms with van der Waals surface area (Å²) in [6.45, 7) is 0. The molecule has 264 valence electrons. The summed E-state index contributed by atoms with van der Waals surface area (Å²) in [5.74, 6) is -1.98. The zero-order valence-electron chi connectivity index (χ0n) is 26.4. The molecule has 8 N–H and O–H groups in total. The minimum Gasteiger partial charge on any atom is -0.506 e. The van der Waals surface area contributed by atoms with Gasteiger partial charge in [-0.1, -0.05) is 24.3 Å². The van der Waals surface area contributed by atoms with Crippen LogP contribution in [-0.4, -0.2) is 54.0 Å². The van der Waals surface area contributed by atoms with E-state index in [1.807, 2.05) is 0 Å². The van der Waals surface area contributed by atoms with Gasteiger partial charge in [0.05, 0.1) is 21.2 Å². The van der Waals surface area contributed by atoms with E-state index in [1.54, 1.807) is 0 Å². The summed E-state index contributed by atoms with van der Waals surface area (Å²) >= 11 is 0. The zero-order chi connectivity index (χ0) is 37.4. The Kier molecular flexibility index (Phi) is 9.26. The smallest absolute Gasteiger partial charge is 0.323 e. The predicted octanol–water partition coefficient (Wildman–Crippen LogP) is 6.05. The van der Waals surface area contributed by atoms with Crippen LogP contribution < -0.4 is 21.3 Å². The van der Waals surface area contributed by atoms with Crippen LogP contribution in [0, 0.1) is 0 Å². The molecule has 0 atom stereocenters. The van der Waals surface area contributed by atoms with Crippen molar-refractivity contribution in [3.8, 4) is 11.5 Å². The van der Waals surface area contributed by atoms with Gasteiger partial charge in [-0.15, -0.1) is 0 Å². The van der Waals surface area contributed by atoms with Crippen molar-refractivity contribution in [2.24, 2.45) is 0 Å². The molecule has 0 saturated heterocycles. The van der Waals surface area contributed by atoms with Gasteiger partial charge in [0.15, 0.2) is 0 Å². The molecule has 6 aromatic carbocycles. The lowest BCUT2D eigenvalue weighted by molar-refractivity contribution is 0.101. The number of rotatable bonds is 8. The third-order valence-electron chi connectivity index (χ3n) is 7.71. The lowest BCUT2D eigenvalue weighted by Gasteiger charge is -2.12. The van der Waals surface area contributed by atoms with Gasteiger partial charge >= 0.3 is 6.03 Å². The third-order valence-corrected chi connectivity index (χ3v) is 9.41. The van der Waals surface area contributed by atoms with Crippen LogP contribution in [0.15, 0.2) is 119 Å². The molecule has 0 unspecified atom stereocenters. The Bertz CT molecular complexity index is 2500. The van der Waals surface area contributed by atoms with Gasteiger partial charge < -0.3 is 31.5 Å². The average molecular weight is 743 g/mol. The van der Waals surface area contributed by atoms with Crippen LogP contribution in [0.3, 0.4) is 0 Å². The fourth-order valence-corrected chi connectivity index (χ4v) is 6.24. The first-order chi connectivity index (χ1) is 24.5. The lowest BCUT2D eigenvalue weighted by Crippen LogP contribution is -2.20. The van der Waals surface area contributed by atoms with Crippen LogP contribution in [0.5, 0.6) is 11.5 Å². The Morgan fingerprint density at radius 1 is 0.462 bits per heavy atom. The van der Waals surface area contributed by atoms with Crippen LogP contribution in [0.4, 0.5) is 27.5 Å². The summed E-state index contributed by atoms with van der Waals surface area (Å²) in [5, 5.41) is 32.8. The molecule has 0 bridgehead atoms. The molecule has 0 aliphatic heterocycles. The first-order valence-corrected chi connectivity index (χ1v) is 17.8. The number of anilines is 4. The van der Waals surface area contributed by atoms with Gasteiger partial charge in [0.1, 0.15) is 11.5 Å². The molecule has 17 heteroatoms. The number of hydrogen-bond donors (Lipinski definition) is 8. The Hall–Kier alpha value is -6.53. The molecular weight excluding hydrogens is 717 g/mol. The highest BCUT2D eigenvalue weighted by Crippen LogP contribution is 2.33. The Morgan fingerprint density at radius 3 is 1.25 bits per heavy atom. The molecule has 0 saturated carbocycles. The van der Waals surface area contributed by atoms with E-state index in [1.165, 1.54) is 109 Å². The normalized spacial score (nSPS) is 11.6. The van der Waals surface area contributed by atoms with Gasteiger partial charge in [-0.25, -0.2) is 4.79 Å². The van der Waals surface area contributed by atoms with Crippen molar-refractivity contribution in [1.29, 1.82) is 0 Å². The maximum Gasteiger partial charge on any atom is 0.323 e. The Labute approximate surface area is 295 Å². The summed E-state index contributed by atoms with van der Waals surface area (Å²) in [6.07, 6.45) is 0.